The van der Waals surface area contributed by atoms with Crippen molar-refractivity contribution in [3.63, 3.8) is 0 Å². The molecule has 38 heavy (non-hydrogen) atoms. The molecule has 3 aromatic rings. The van der Waals surface area contributed by atoms with Crippen molar-refractivity contribution in [2.45, 2.75) is 63.2 Å². The van der Waals surface area contributed by atoms with Gasteiger partial charge in [0.05, 0.1) is 0 Å². The summed E-state index contributed by atoms with van der Waals surface area (Å²) in [5, 5.41) is 22.1. The average molecular weight is 522 g/mol. The van der Waals surface area contributed by atoms with Gasteiger partial charge in [-0.2, -0.15) is 4.98 Å². The molecule has 2 heterocycles. The first kappa shape index (κ1) is 25.7. The maximum absolute atomic E-state index is 11.0. The molecule has 1 aromatic heterocycles. The zero-order valence-electron chi connectivity index (χ0n) is 21.0. The van der Waals surface area contributed by atoms with E-state index >= 15 is 0 Å². The molecular weight excluding hydrogens is 490 g/mol. The Hall–Kier alpha value is -3.92. The lowest BCUT2D eigenvalue weighted by Crippen LogP contribution is -2.49. The number of ether oxygens (including phenoxy) is 2. The number of hydrogen-bond acceptors (Lipinski definition) is 8. The van der Waals surface area contributed by atoms with Crippen LogP contribution in [0.5, 0.6) is 0 Å². The molecule has 0 amide bonds. The minimum absolute atomic E-state index is 0.122. The number of aromatic nitrogens is 2. The van der Waals surface area contributed by atoms with E-state index in [0.29, 0.717) is 37.3 Å². The molecule has 0 bridgehead atoms. The Morgan fingerprint density at radius 2 is 1.50 bits per heavy atom. The summed E-state index contributed by atoms with van der Waals surface area (Å²) in [5.41, 5.74) is 4.17. The zero-order chi connectivity index (χ0) is 26.5. The van der Waals surface area contributed by atoms with Crippen LogP contribution in [0.25, 0.3) is 22.8 Å². The first-order valence-corrected chi connectivity index (χ1v) is 13.0. The summed E-state index contributed by atoms with van der Waals surface area (Å²) in [5.74, 6) is -0.00593. The summed E-state index contributed by atoms with van der Waals surface area (Å²) in [6, 6.07) is 16.3. The SMILES string of the molecule is O=C(O)OC1(OC(=O)O)CCN(Cc2ccc(-c3noc(-c4ccc(C5CCCCC5)cc4)n3)cc2)CC1. The molecule has 2 aliphatic rings. The molecule has 10 nitrogen and oxygen atoms in total. The molecule has 2 N–H and O–H groups in total. The van der Waals surface area contributed by atoms with Crippen LogP contribution in [0.15, 0.2) is 53.1 Å². The highest BCUT2D eigenvalue weighted by Gasteiger charge is 2.42. The van der Waals surface area contributed by atoms with E-state index < -0.39 is 18.1 Å². The summed E-state index contributed by atoms with van der Waals surface area (Å²) in [6.45, 7) is 1.47. The Kier molecular flexibility index (Phi) is 7.59. The van der Waals surface area contributed by atoms with E-state index in [4.69, 9.17) is 24.2 Å². The second-order valence-corrected chi connectivity index (χ2v) is 10.00. The molecule has 200 valence electrons. The van der Waals surface area contributed by atoms with Crippen molar-refractivity contribution in [3.8, 4) is 22.8 Å². The third-order valence-corrected chi connectivity index (χ3v) is 7.44. The summed E-state index contributed by atoms with van der Waals surface area (Å²) in [7, 11) is 0. The van der Waals surface area contributed by atoms with Crippen molar-refractivity contribution < 1.29 is 33.8 Å². The standard InChI is InChI=1S/C28H31N3O7/c32-26(33)36-28(37-27(34)35)14-16-31(17-15-28)18-19-6-8-22(9-7-19)24-29-25(38-30-24)23-12-10-21(11-13-23)20-4-2-1-3-5-20/h6-13,20H,1-5,14-18H2,(H,32,33)(H,34,35). The largest absolute Gasteiger partial charge is 0.509 e. The second-order valence-electron chi connectivity index (χ2n) is 10.00. The van der Waals surface area contributed by atoms with Crippen molar-refractivity contribution in [2.75, 3.05) is 13.1 Å². The fourth-order valence-electron chi connectivity index (χ4n) is 5.40. The Morgan fingerprint density at radius 1 is 0.895 bits per heavy atom. The monoisotopic (exact) mass is 521 g/mol. The zero-order valence-corrected chi connectivity index (χ0v) is 21.0. The van der Waals surface area contributed by atoms with Crippen LogP contribution in [0, 0.1) is 0 Å². The van der Waals surface area contributed by atoms with Gasteiger partial charge in [-0.1, -0.05) is 60.8 Å². The highest BCUT2D eigenvalue weighted by molar-refractivity contribution is 5.61. The van der Waals surface area contributed by atoms with Crippen LogP contribution >= 0.6 is 0 Å². The van der Waals surface area contributed by atoms with Gasteiger partial charge >= 0.3 is 12.3 Å². The van der Waals surface area contributed by atoms with E-state index in [1.807, 2.05) is 24.3 Å². The Morgan fingerprint density at radius 3 is 2.11 bits per heavy atom. The van der Waals surface area contributed by atoms with Crippen molar-refractivity contribution in [2.24, 2.45) is 0 Å². The molecule has 0 radical (unpaired) electrons. The summed E-state index contributed by atoms with van der Waals surface area (Å²) in [4.78, 5) is 28.7. The van der Waals surface area contributed by atoms with E-state index in [-0.39, 0.29) is 12.8 Å². The number of hydrogen-bond donors (Lipinski definition) is 2. The van der Waals surface area contributed by atoms with E-state index in [0.717, 1.165) is 16.7 Å². The normalized spacial score (nSPS) is 18.1. The van der Waals surface area contributed by atoms with Gasteiger partial charge in [0, 0.05) is 43.6 Å². The van der Waals surface area contributed by atoms with Crippen LogP contribution in [0.3, 0.4) is 0 Å². The number of carboxylic acid groups (broad SMARTS) is 2. The number of piperidine rings is 1. The van der Waals surface area contributed by atoms with Crippen molar-refractivity contribution in [3.05, 3.63) is 59.7 Å². The Balaban J connectivity index is 1.18. The molecule has 0 unspecified atom stereocenters. The molecule has 10 heteroatoms. The third-order valence-electron chi connectivity index (χ3n) is 7.44. The van der Waals surface area contributed by atoms with Crippen LogP contribution in [0.4, 0.5) is 9.59 Å². The van der Waals surface area contributed by atoms with Crippen LogP contribution in [0.1, 0.15) is 62.0 Å². The van der Waals surface area contributed by atoms with Gasteiger partial charge in [-0.15, -0.1) is 0 Å². The van der Waals surface area contributed by atoms with Gasteiger partial charge in [0.15, 0.2) is 0 Å². The summed E-state index contributed by atoms with van der Waals surface area (Å²) < 4.78 is 15.1. The fraction of sp³-hybridized carbons (Fsp3) is 0.429. The first-order valence-electron chi connectivity index (χ1n) is 13.0. The minimum atomic E-state index is -1.66. The number of benzene rings is 2. The van der Waals surface area contributed by atoms with Crippen molar-refractivity contribution in [1.82, 2.24) is 15.0 Å². The highest BCUT2D eigenvalue weighted by Crippen LogP contribution is 2.34. The predicted octanol–water partition coefficient (Wildman–Crippen LogP) is 6.13. The molecule has 1 saturated heterocycles. The van der Waals surface area contributed by atoms with Gasteiger partial charge < -0.3 is 24.2 Å². The Bertz CT molecular complexity index is 1220. The lowest BCUT2D eigenvalue weighted by molar-refractivity contribution is -0.205. The Labute approximate surface area is 220 Å². The molecule has 5 rings (SSSR count). The number of likely N-dealkylation sites (tertiary alicyclic amines) is 1. The smallest absolute Gasteiger partial charge is 0.450 e. The van der Waals surface area contributed by atoms with Crippen LogP contribution in [0.2, 0.25) is 0 Å². The van der Waals surface area contributed by atoms with Crippen LogP contribution in [-0.2, 0) is 16.0 Å². The minimum Gasteiger partial charge on any atom is -0.450 e. The van der Waals surface area contributed by atoms with Gasteiger partial charge in [0.2, 0.25) is 5.82 Å². The van der Waals surface area contributed by atoms with Crippen molar-refractivity contribution in [1.29, 1.82) is 0 Å². The van der Waals surface area contributed by atoms with Crippen molar-refractivity contribution >= 4 is 12.3 Å². The predicted molar refractivity (Wildman–Crippen MR) is 136 cm³/mol. The van der Waals surface area contributed by atoms with E-state index in [9.17, 15) is 9.59 Å². The summed E-state index contributed by atoms with van der Waals surface area (Å²) >= 11 is 0. The first-order chi connectivity index (χ1) is 18.4. The molecule has 2 fully saturated rings. The van der Waals surface area contributed by atoms with E-state index in [1.54, 1.807) is 0 Å². The third kappa shape index (κ3) is 6.13. The number of rotatable bonds is 7. The topological polar surface area (TPSA) is 135 Å². The fourth-order valence-corrected chi connectivity index (χ4v) is 5.40. The molecule has 1 aliphatic heterocycles. The quantitative estimate of drug-likeness (QED) is 0.276. The lowest BCUT2D eigenvalue weighted by atomic mass is 9.84. The van der Waals surface area contributed by atoms with Gasteiger partial charge in [-0.25, -0.2) is 9.59 Å². The summed E-state index contributed by atoms with van der Waals surface area (Å²) in [6.07, 6.45) is 3.60. The van der Waals surface area contributed by atoms with Gasteiger partial charge in [-0.05, 0) is 42.0 Å². The van der Waals surface area contributed by atoms with Gasteiger partial charge in [0.25, 0.3) is 11.7 Å². The molecule has 2 aromatic carbocycles. The van der Waals surface area contributed by atoms with Gasteiger partial charge in [-0.3, -0.25) is 4.90 Å². The lowest BCUT2D eigenvalue weighted by Gasteiger charge is -2.38. The van der Waals surface area contributed by atoms with E-state index in [2.05, 4.69) is 39.3 Å². The van der Waals surface area contributed by atoms with Crippen LogP contribution < -0.4 is 0 Å². The molecular formula is C28H31N3O7. The molecule has 0 spiro atoms. The number of nitrogens with zero attached hydrogens (tertiary/aromatic N) is 3. The van der Waals surface area contributed by atoms with Gasteiger partial charge in [0.1, 0.15) is 0 Å². The maximum atomic E-state index is 11.0. The second kappa shape index (κ2) is 11.2. The maximum Gasteiger partial charge on any atom is 0.509 e. The molecule has 1 aliphatic carbocycles. The van der Waals surface area contributed by atoms with Crippen LogP contribution in [-0.4, -0.2) is 56.4 Å². The highest BCUT2D eigenvalue weighted by atomic mass is 16.8. The van der Waals surface area contributed by atoms with E-state index in [1.165, 1.54) is 37.7 Å². The number of carbonyl (C=O) groups is 2. The molecule has 0 atom stereocenters. The molecule has 1 saturated carbocycles. The average Bonchev–Trinajstić information content (AvgIpc) is 3.41.